The largest absolute Gasteiger partial charge is 0.378 e. The molecule has 2 aliphatic heterocycles. The van der Waals surface area contributed by atoms with Crippen molar-refractivity contribution in [2.24, 2.45) is 0 Å². The highest BCUT2D eigenvalue weighted by Crippen LogP contribution is 2.29. The summed E-state index contributed by atoms with van der Waals surface area (Å²) >= 11 is 0. The van der Waals surface area contributed by atoms with Gasteiger partial charge in [0.2, 0.25) is 15.9 Å². The maximum atomic E-state index is 13.1. The van der Waals surface area contributed by atoms with Crippen LogP contribution in [0.2, 0.25) is 0 Å². The minimum atomic E-state index is -3.66. The van der Waals surface area contributed by atoms with E-state index in [-0.39, 0.29) is 5.91 Å². The second kappa shape index (κ2) is 6.82. The first kappa shape index (κ1) is 17.4. The van der Waals surface area contributed by atoms with Crippen molar-refractivity contribution in [3.63, 3.8) is 0 Å². The number of sulfonamides is 1. The predicted octanol–water partition coefficient (Wildman–Crippen LogP) is 1.32. The molecule has 1 amide bonds. The molecular formula is C17H24N2O4S. The molecule has 1 atom stereocenters. The van der Waals surface area contributed by atoms with Crippen LogP contribution >= 0.6 is 0 Å². The normalized spacial score (nSPS) is 22.8. The summed E-state index contributed by atoms with van der Waals surface area (Å²) in [5, 5.41) is 0. The van der Waals surface area contributed by atoms with Gasteiger partial charge in [-0.25, -0.2) is 8.42 Å². The van der Waals surface area contributed by atoms with Crippen molar-refractivity contribution in [2.75, 3.05) is 32.8 Å². The lowest BCUT2D eigenvalue weighted by Crippen LogP contribution is -2.51. The van der Waals surface area contributed by atoms with Gasteiger partial charge in [0.05, 0.1) is 18.1 Å². The number of carbonyl (C=O) groups excluding carboxylic acids is 1. The van der Waals surface area contributed by atoms with E-state index in [1.165, 1.54) is 4.31 Å². The number of hydrogen-bond acceptors (Lipinski definition) is 4. The van der Waals surface area contributed by atoms with E-state index < -0.39 is 16.1 Å². The first-order chi connectivity index (χ1) is 11.4. The zero-order valence-corrected chi connectivity index (χ0v) is 15.0. The number of benzene rings is 1. The standard InChI is InChI=1S/C17H24N2O4S/c1-13-5-6-16(14(2)12-13)24(21,22)19-7-3-4-15(19)17(20)18-8-10-23-11-9-18/h5-6,12,15H,3-4,7-11H2,1-2H3. The molecule has 1 aromatic carbocycles. The van der Waals surface area contributed by atoms with E-state index in [2.05, 4.69) is 0 Å². The molecule has 0 N–H and O–H groups in total. The molecule has 0 radical (unpaired) electrons. The molecule has 0 saturated carbocycles. The Morgan fingerprint density at radius 3 is 2.54 bits per heavy atom. The lowest BCUT2D eigenvalue weighted by molar-refractivity contribution is -0.138. The molecular weight excluding hydrogens is 328 g/mol. The molecule has 132 valence electrons. The van der Waals surface area contributed by atoms with Crippen LogP contribution in [0.15, 0.2) is 23.1 Å². The minimum Gasteiger partial charge on any atom is -0.378 e. The van der Waals surface area contributed by atoms with Gasteiger partial charge in [-0.3, -0.25) is 4.79 Å². The number of aryl methyl sites for hydroxylation is 2. The van der Waals surface area contributed by atoms with Gasteiger partial charge in [0, 0.05) is 19.6 Å². The van der Waals surface area contributed by atoms with Crippen molar-refractivity contribution in [2.45, 2.75) is 37.6 Å². The van der Waals surface area contributed by atoms with Gasteiger partial charge in [0.1, 0.15) is 6.04 Å². The van der Waals surface area contributed by atoms with Crippen LogP contribution in [0.5, 0.6) is 0 Å². The lowest BCUT2D eigenvalue weighted by atomic mass is 10.2. The number of ether oxygens (including phenoxy) is 1. The molecule has 2 fully saturated rings. The Kier molecular flexibility index (Phi) is 4.94. The van der Waals surface area contributed by atoms with Gasteiger partial charge in [-0.05, 0) is 38.3 Å². The molecule has 24 heavy (non-hydrogen) atoms. The Hall–Kier alpha value is -1.44. The zero-order chi connectivity index (χ0) is 17.3. The predicted molar refractivity (Wildman–Crippen MR) is 90.2 cm³/mol. The monoisotopic (exact) mass is 352 g/mol. The summed E-state index contributed by atoms with van der Waals surface area (Å²) in [4.78, 5) is 14.8. The van der Waals surface area contributed by atoms with Crippen LogP contribution in [0.3, 0.4) is 0 Å². The first-order valence-corrected chi connectivity index (χ1v) is 9.81. The molecule has 7 heteroatoms. The van der Waals surface area contributed by atoms with E-state index in [1.54, 1.807) is 24.0 Å². The Bertz CT molecular complexity index is 726. The lowest BCUT2D eigenvalue weighted by Gasteiger charge is -2.32. The number of hydrogen-bond donors (Lipinski definition) is 0. The molecule has 3 rings (SSSR count). The van der Waals surface area contributed by atoms with Crippen molar-refractivity contribution in [1.29, 1.82) is 0 Å². The van der Waals surface area contributed by atoms with E-state index in [0.717, 1.165) is 11.1 Å². The number of nitrogens with zero attached hydrogens (tertiary/aromatic N) is 2. The molecule has 0 aromatic heterocycles. The Balaban J connectivity index is 1.87. The summed E-state index contributed by atoms with van der Waals surface area (Å²) in [5.74, 6) is -0.0934. The van der Waals surface area contributed by atoms with Crippen LogP contribution < -0.4 is 0 Å². The quantitative estimate of drug-likeness (QED) is 0.823. The van der Waals surface area contributed by atoms with E-state index in [4.69, 9.17) is 4.74 Å². The Morgan fingerprint density at radius 2 is 1.88 bits per heavy atom. The average Bonchev–Trinajstić information content (AvgIpc) is 3.05. The highest BCUT2D eigenvalue weighted by Gasteiger charge is 2.41. The fourth-order valence-corrected chi connectivity index (χ4v) is 5.34. The topological polar surface area (TPSA) is 66.9 Å². The van der Waals surface area contributed by atoms with Gasteiger partial charge >= 0.3 is 0 Å². The molecule has 0 spiro atoms. The average molecular weight is 352 g/mol. The summed E-state index contributed by atoms with van der Waals surface area (Å²) in [6.45, 7) is 6.24. The van der Waals surface area contributed by atoms with Gasteiger partial charge in [0.25, 0.3) is 0 Å². The van der Waals surface area contributed by atoms with E-state index in [1.807, 2.05) is 13.0 Å². The number of morpholine rings is 1. The van der Waals surface area contributed by atoms with Gasteiger partial charge in [0.15, 0.2) is 0 Å². The first-order valence-electron chi connectivity index (χ1n) is 8.37. The third kappa shape index (κ3) is 3.20. The van der Waals surface area contributed by atoms with E-state index in [9.17, 15) is 13.2 Å². The van der Waals surface area contributed by atoms with Crippen molar-refractivity contribution >= 4 is 15.9 Å². The third-order valence-electron chi connectivity index (χ3n) is 4.73. The second-order valence-corrected chi connectivity index (χ2v) is 8.34. The van der Waals surface area contributed by atoms with E-state index in [0.29, 0.717) is 50.6 Å². The summed E-state index contributed by atoms with van der Waals surface area (Å²) in [6, 6.07) is 4.72. The third-order valence-corrected chi connectivity index (χ3v) is 6.80. The smallest absolute Gasteiger partial charge is 0.244 e. The maximum Gasteiger partial charge on any atom is 0.244 e. The Labute approximate surface area is 143 Å². The number of carbonyl (C=O) groups is 1. The van der Waals surface area contributed by atoms with Crippen LogP contribution in [0.4, 0.5) is 0 Å². The summed E-state index contributed by atoms with van der Waals surface area (Å²) < 4.78 is 32.9. The minimum absolute atomic E-state index is 0.0934. The molecule has 0 aliphatic carbocycles. The molecule has 0 bridgehead atoms. The van der Waals surface area contributed by atoms with Crippen LogP contribution in [-0.4, -0.2) is 62.4 Å². The second-order valence-electron chi connectivity index (χ2n) is 6.48. The molecule has 2 aliphatic rings. The van der Waals surface area contributed by atoms with Crippen molar-refractivity contribution < 1.29 is 17.9 Å². The molecule has 2 heterocycles. The van der Waals surface area contributed by atoms with Crippen molar-refractivity contribution in [3.8, 4) is 0 Å². The van der Waals surface area contributed by atoms with Crippen LogP contribution in [0.1, 0.15) is 24.0 Å². The van der Waals surface area contributed by atoms with E-state index >= 15 is 0 Å². The zero-order valence-electron chi connectivity index (χ0n) is 14.2. The summed E-state index contributed by atoms with van der Waals surface area (Å²) in [5.41, 5.74) is 1.74. The molecule has 2 saturated heterocycles. The highest BCUT2D eigenvalue weighted by atomic mass is 32.2. The number of rotatable bonds is 3. The molecule has 1 unspecified atom stereocenters. The van der Waals surface area contributed by atoms with Crippen LogP contribution in [0.25, 0.3) is 0 Å². The maximum absolute atomic E-state index is 13.1. The van der Waals surface area contributed by atoms with Crippen LogP contribution in [0, 0.1) is 13.8 Å². The fourth-order valence-electron chi connectivity index (χ4n) is 3.48. The van der Waals surface area contributed by atoms with Gasteiger partial charge in [-0.1, -0.05) is 17.7 Å². The molecule has 6 nitrogen and oxygen atoms in total. The van der Waals surface area contributed by atoms with Crippen molar-refractivity contribution in [1.82, 2.24) is 9.21 Å². The SMILES string of the molecule is Cc1ccc(S(=O)(=O)N2CCCC2C(=O)N2CCOCC2)c(C)c1. The molecule has 1 aromatic rings. The van der Waals surface area contributed by atoms with Crippen LogP contribution in [-0.2, 0) is 19.6 Å². The van der Waals surface area contributed by atoms with Gasteiger partial charge in [-0.2, -0.15) is 4.31 Å². The van der Waals surface area contributed by atoms with Gasteiger partial charge in [-0.15, -0.1) is 0 Å². The van der Waals surface area contributed by atoms with Crippen molar-refractivity contribution in [3.05, 3.63) is 29.3 Å². The number of amides is 1. The summed E-state index contributed by atoms with van der Waals surface area (Å²) in [6.07, 6.45) is 1.30. The Morgan fingerprint density at radius 1 is 1.17 bits per heavy atom. The van der Waals surface area contributed by atoms with Gasteiger partial charge < -0.3 is 9.64 Å². The summed E-state index contributed by atoms with van der Waals surface area (Å²) in [7, 11) is -3.66. The fraction of sp³-hybridized carbons (Fsp3) is 0.588. The highest BCUT2D eigenvalue weighted by molar-refractivity contribution is 7.89.